The molecule has 0 atom stereocenters. The molecule has 1 amide bonds. The molecule has 0 aliphatic carbocycles. The lowest BCUT2D eigenvalue weighted by Gasteiger charge is -2.35. The Balaban J connectivity index is 0.00000144. The molecule has 1 saturated heterocycles. The van der Waals surface area contributed by atoms with Crippen LogP contribution in [-0.4, -0.2) is 37.0 Å². The summed E-state index contributed by atoms with van der Waals surface area (Å²) in [4.78, 5) is 13.9. The van der Waals surface area contributed by atoms with Crippen molar-refractivity contribution in [3.63, 3.8) is 0 Å². The molecule has 0 aromatic heterocycles. The van der Waals surface area contributed by atoms with Crippen LogP contribution in [0.5, 0.6) is 0 Å². The van der Waals surface area contributed by atoms with Gasteiger partial charge in [-0.15, -0.1) is 12.4 Å². The number of halogens is 3. The van der Waals surface area contributed by atoms with Crippen LogP contribution in [0.2, 0.25) is 5.02 Å². The molecule has 1 aliphatic rings. The van der Waals surface area contributed by atoms with E-state index in [4.69, 9.17) is 11.6 Å². The second-order valence-corrected chi connectivity index (χ2v) is 5.06. The predicted molar refractivity (Wildman–Crippen MR) is 75.2 cm³/mol. The van der Waals surface area contributed by atoms with E-state index in [1.807, 2.05) is 19.2 Å². The van der Waals surface area contributed by atoms with Gasteiger partial charge in [0.1, 0.15) is 0 Å². The lowest BCUT2D eigenvalue weighted by molar-refractivity contribution is 0.0681. The zero-order valence-electron chi connectivity index (χ0n) is 9.24. The van der Waals surface area contributed by atoms with Crippen molar-refractivity contribution in [3.05, 3.63) is 33.3 Å². The SMILES string of the molecule is CN(C(=O)c1cccc(Br)c1Cl)C1CNC1.Cl. The molecule has 0 spiro atoms. The van der Waals surface area contributed by atoms with Crippen LogP contribution < -0.4 is 5.32 Å². The average Bonchev–Trinajstić information content (AvgIpc) is 2.18. The van der Waals surface area contributed by atoms with E-state index in [1.54, 1.807) is 11.0 Å². The normalized spacial score (nSPS) is 14.8. The second kappa shape index (κ2) is 6.05. The first-order valence-corrected chi connectivity index (χ1v) is 6.20. The number of hydrogen-bond acceptors (Lipinski definition) is 2. The van der Waals surface area contributed by atoms with Crippen LogP contribution in [-0.2, 0) is 0 Å². The molecule has 94 valence electrons. The number of rotatable bonds is 2. The van der Waals surface area contributed by atoms with Crippen molar-refractivity contribution in [1.29, 1.82) is 0 Å². The molecular formula is C11H13BrCl2N2O. The molecule has 1 fully saturated rings. The third-order valence-electron chi connectivity index (χ3n) is 2.81. The van der Waals surface area contributed by atoms with Gasteiger partial charge in [-0.25, -0.2) is 0 Å². The first-order valence-electron chi connectivity index (χ1n) is 5.03. The molecule has 2 rings (SSSR count). The number of carbonyl (C=O) groups is 1. The molecule has 1 aromatic carbocycles. The molecular weight excluding hydrogens is 327 g/mol. The Morgan fingerprint density at radius 3 is 2.71 bits per heavy atom. The fraction of sp³-hybridized carbons (Fsp3) is 0.364. The fourth-order valence-corrected chi connectivity index (χ4v) is 2.15. The largest absolute Gasteiger partial charge is 0.336 e. The highest BCUT2D eigenvalue weighted by Crippen LogP contribution is 2.27. The number of amides is 1. The predicted octanol–water partition coefficient (Wildman–Crippen LogP) is 2.57. The summed E-state index contributed by atoms with van der Waals surface area (Å²) in [6.45, 7) is 1.71. The number of benzene rings is 1. The van der Waals surface area contributed by atoms with Crippen molar-refractivity contribution in [3.8, 4) is 0 Å². The molecule has 3 nitrogen and oxygen atoms in total. The van der Waals surface area contributed by atoms with Gasteiger partial charge in [-0.1, -0.05) is 17.7 Å². The zero-order valence-corrected chi connectivity index (χ0v) is 12.4. The van der Waals surface area contributed by atoms with Crippen LogP contribution in [0.25, 0.3) is 0 Å². The zero-order chi connectivity index (χ0) is 11.7. The minimum Gasteiger partial charge on any atom is -0.336 e. The maximum atomic E-state index is 12.1. The average molecular weight is 340 g/mol. The van der Waals surface area contributed by atoms with Gasteiger partial charge in [0.15, 0.2) is 0 Å². The number of likely N-dealkylation sites (N-methyl/N-ethyl adjacent to an activating group) is 1. The summed E-state index contributed by atoms with van der Waals surface area (Å²) in [5.41, 5.74) is 0.547. The first-order chi connectivity index (χ1) is 7.61. The Bertz CT molecular complexity index is 424. The summed E-state index contributed by atoms with van der Waals surface area (Å²) in [5.74, 6) is -0.0298. The minimum absolute atomic E-state index is 0. The summed E-state index contributed by atoms with van der Waals surface area (Å²) in [6, 6.07) is 5.67. The molecule has 17 heavy (non-hydrogen) atoms. The Morgan fingerprint density at radius 2 is 2.18 bits per heavy atom. The Morgan fingerprint density at radius 1 is 1.53 bits per heavy atom. The van der Waals surface area contributed by atoms with Crippen LogP contribution in [0.3, 0.4) is 0 Å². The van der Waals surface area contributed by atoms with Crippen LogP contribution >= 0.6 is 39.9 Å². The molecule has 6 heteroatoms. The maximum Gasteiger partial charge on any atom is 0.255 e. The Labute approximate surface area is 120 Å². The third kappa shape index (κ3) is 2.94. The summed E-state index contributed by atoms with van der Waals surface area (Å²) >= 11 is 9.40. The quantitative estimate of drug-likeness (QED) is 0.898. The summed E-state index contributed by atoms with van der Waals surface area (Å²) < 4.78 is 0.750. The molecule has 0 radical (unpaired) electrons. The number of hydrogen-bond donors (Lipinski definition) is 1. The number of carbonyl (C=O) groups excluding carboxylic acids is 1. The van der Waals surface area contributed by atoms with Crippen LogP contribution in [0.15, 0.2) is 22.7 Å². The topological polar surface area (TPSA) is 32.3 Å². The molecule has 1 aliphatic heterocycles. The summed E-state index contributed by atoms with van der Waals surface area (Å²) in [6.07, 6.45) is 0. The fourth-order valence-electron chi connectivity index (χ4n) is 1.57. The lowest BCUT2D eigenvalue weighted by atomic mass is 10.1. The van der Waals surface area contributed by atoms with Gasteiger partial charge < -0.3 is 10.2 Å². The van der Waals surface area contributed by atoms with Gasteiger partial charge in [0, 0.05) is 24.6 Å². The highest BCUT2D eigenvalue weighted by Gasteiger charge is 2.27. The molecule has 0 unspecified atom stereocenters. The smallest absolute Gasteiger partial charge is 0.255 e. The van der Waals surface area contributed by atoms with Crippen LogP contribution in [0.1, 0.15) is 10.4 Å². The highest BCUT2D eigenvalue weighted by atomic mass is 79.9. The van der Waals surface area contributed by atoms with Crippen molar-refractivity contribution in [2.24, 2.45) is 0 Å². The minimum atomic E-state index is -0.0298. The van der Waals surface area contributed by atoms with Crippen LogP contribution in [0.4, 0.5) is 0 Å². The summed E-state index contributed by atoms with van der Waals surface area (Å²) in [5, 5.41) is 3.62. The van der Waals surface area contributed by atoms with Crippen molar-refractivity contribution in [2.75, 3.05) is 20.1 Å². The number of nitrogens with one attached hydrogen (secondary N) is 1. The third-order valence-corrected chi connectivity index (χ3v) is 4.11. The first kappa shape index (κ1) is 14.8. The Hall–Kier alpha value is -0.290. The van der Waals surface area contributed by atoms with Crippen molar-refractivity contribution >= 4 is 45.8 Å². The van der Waals surface area contributed by atoms with Crippen LogP contribution in [0, 0.1) is 0 Å². The number of nitrogens with zero attached hydrogens (tertiary/aromatic N) is 1. The monoisotopic (exact) mass is 338 g/mol. The van der Waals surface area contributed by atoms with Gasteiger partial charge in [0.05, 0.1) is 16.6 Å². The van der Waals surface area contributed by atoms with Gasteiger partial charge in [-0.2, -0.15) is 0 Å². The molecule has 1 N–H and O–H groups in total. The standard InChI is InChI=1S/C11H12BrClN2O.ClH/c1-15(7-5-14-6-7)11(16)8-3-2-4-9(12)10(8)13;/h2-4,7,14H,5-6H2,1H3;1H. The van der Waals surface area contributed by atoms with Gasteiger partial charge in [-0.05, 0) is 28.1 Å². The van der Waals surface area contributed by atoms with E-state index in [2.05, 4.69) is 21.2 Å². The lowest BCUT2D eigenvalue weighted by Crippen LogP contribution is -2.57. The van der Waals surface area contributed by atoms with Gasteiger partial charge in [-0.3, -0.25) is 4.79 Å². The molecule has 1 aromatic rings. The van der Waals surface area contributed by atoms with E-state index in [0.717, 1.165) is 17.6 Å². The summed E-state index contributed by atoms with van der Waals surface area (Å²) in [7, 11) is 1.81. The van der Waals surface area contributed by atoms with E-state index >= 15 is 0 Å². The van der Waals surface area contributed by atoms with E-state index in [0.29, 0.717) is 10.6 Å². The second-order valence-electron chi connectivity index (χ2n) is 3.83. The van der Waals surface area contributed by atoms with E-state index in [9.17, 15) is 4.79 Å². The van der Waals surface area contributed by atoms with E-state index in [-0.39, 0.29) is 24.4 Å². The van der Waals surface area contributed by atoms with Crippen molar-refractivity contribution in [2.45, 2.75) is 6.04 Å². The maximum absolute atomic E-state index is 12.1. The van der Waals surface area contributed by atoms with E-state index < -0.39 is 0 Å². The van der Waals surface area contributed by atoms with Gasteiger partial charge in [0.25, 0.3) is 5.91 Å². The molecule has 0 saturated carbocycles. The highest BCUT2D eigenvalue weighted by molar-refractivity contribution is 9.10. The molecule has 1 heterocycles. The van der Waals surface area contributed by atoms with Gasteiger partial charge in [0.2, 0.25) is 0 Å². The van der Waals surface area contributed by atoms with Crippen molar-refractivity contribution < 1.29 is 4.79 Å². The van der Waals surface area contributed by atoms with Gasteiger partial charge >= 0.3 is 0 Å². The van der Waals surface area contributed by atoms with E-state index in [1.165, 1.54) is 0 Å². The molecule has 0 bridgehead atoms. The Kier molecular flexibility index (Phi) is 5.25. The van der Waals surface area contributed by atoms with Crippen molar-refractivity contribution in [1.82, 2.24) is 10.2 Å².